The van der Waals surface area contributed by atoms with E-state index in [0.29, 0.717) is 0 Å². The quantitative estimate of drug-likeness (QED) is 0.831. The van der Waals surface area contributed by atoms with Crippen LogP contribution in [0.2, 0.25) is 5.02 Å². The smallest absolute Gasteiger partial charge is 0.132 e. The number of hydrogen-bond acceptors (Lipinski definition) is 2. The van der Waals surface area contributed by atoms with Crippen molar-refractivity contribution in [3.8, 4) is 11.5 Å². The molecule has 0 bridgehead atoms. The Bertz CT molecular complexity index is 599. The monoisotopic (exact) mass is 339 g/mol. The lowest BCUT2D eigenvalue weighted by molar-refractivity contribution is 0.471. The molecule has 0 saturated heterocycles. The van der Waals surface area contributed by atoms with E-state index in [9.17, 15) is 0 Å². The standard InChI is InChI=1S/C15H15BrClNO/c1-9-7-12(4-5-14(9)17)19-15-6-3-11(16)8-13(15)10(2)18/h3-8,10H,18H2,1-2H3. The Morgan fingerprint density at radius 3 is 2.58 bits per heavy atom. The van der Waals surface area contributed by atoms with Crippen LogP contribution in [0.15, 0.2) is 40.9 Å². The first-order chi connectivity index (χ1) is 8.97. The summed E-state index contributed by atoms with van der Waals surface area (Å²) in [6.45, 7) is 3.88. The molecule has 2 nitrogen and oxygen atoms in total. The van der Waals surface area contributed by atoms with Gasteiger partial charge in [-0.25, -0.2) is 0 Å². The summed E-state index contributed by atoms with van der Waals surface area (Å²) < 4.78 is 6.89. The molecule has 0 saturated carbocycles. The van der Waals surface area contributed by atoms with Crippen molar-refractivity contribution < 1.29 is 4.74 Å². The molecule has 19 heavy (non-hydrogen) atoms. The predicted molar refractivity (Wildman–Crippen MR) is 83.0 cm³/mol. The molecule has 0 aliphatic rings. The van der Waals surface area contributed by atoms with E-state index in [4.69, 9.17) is 22.1 Å². The largest absolute Gasteiger partial charge is 0.457 e. The van der Waals surface area contributed by atoms with Crippen LogP contribution in [0.3, 0.4) is 0 Å². The van der Waals surface area contributed by atoms with Crippen LogP contribution >= 0.6 is 27.5 Å². The van der Waals surface area contributed by atoms with Gasteiger partial charge in [0.05, 0.1) is 0 Å². The average Bonchev–Trinajstić information content (AvgIpc) is 2.36. The van der Waals surface area contributed by atoms with Crippen molar-refractivity contribution in [3.05, 3.63) is 57.0 Å². The molecule has 0 aliphatic heterocycles. The van der Waals surface area contributed by atoms with E-state index in [1.165, 1.54) is 0 Å². The molecule has 0 heterocycles. The Hall–Kier alpha value is -1.03. The molecule has 4 heteroatoms. The van der Waals surface area contributed by atoms with Gasteiger partial charge >= 0.3 is 0 Å². The normalized spacial score (nSPS) is 12.3. The van der Waals surface area contributed by atoms with Gasteiger partial charge in [0, 0.05) is 21.1 Å². The van der Waals surface area contributed by atoms with Crippen molar-refractivity contribution in [2.24, 2.45) is 5.73 Å². The molecule has 0 radical (unpaired) electrons. The van der Waals surface area contributed by atoms with Gasteiger partial charge in [0.1, 0.15) is 11.5 Å². The van der Waals surface area contributed by atoms with Gasteiger partial charge in [0.15, 0.2) is 0 Å². The maximum atomic E-state index is 6.00. The molecule has 100 valence electrons. The minimum absolute atomic E-state index is 0.0964. The summed E-state index contributed by atoms with van der Waals surface area (Å²) in [5, 5.41) is 0.732. The highest BCUT2D eigenvalue weighted by atomic mass is 79.9. The third-order valence-corrected chi connectivity index (χ3v) is 3.74. The minimum atomic E-state index is -0.0964. The van der Waals surface area contributed by atoms with Crippen molar-refractivity contribution in [2.45, 2.75) is 19.9 Å². The van der Waals surface area contributed by atoms with Crippen molar-refractivity contribution in [1.29, 1.82) is 0 Å². The minimum Gasteiger partial charge on any atom is -0.457 e. The van der Waals surface area contributed by atoms with Crippen LogP contribution < -0.4 is 10.5 Å². The second-order valence-electron chi connectivity index (χ2n) is 4.48. The number of hydrogen-bond donors (Lipinski definition) is 1. The molecule has 1 atom stereocenters. The zero-order valence-corrected chi connectivity index (χ0v) is 13.1. The SMILES string of the molecule is Cc1cc(Oc2ccc(Br)cc2C(C)N)ccc1Cl. The van der Waals surface area contributed by atoms with Crippen LogP contribution in [0.25, 0.3) is 0 Å². The number of benzene rings is 2. The molecule has 0 fully saturated rings. The fourth-order valence-corrected chi connectivity index (χ4v) is 2.27. The molecule has 0 amide bonds. The molecule has 2 N–H and O–H groups in total. The van der Waals surface area contributed by atoms with E-state index in [0.717, 1.165) is 32.1 Å². The number of aryl methyl sites for hydroxylation is 1. The lowest BCUT2D eigenvalue weighted by Gasteiger charge is -2.14. The molecule has 0 aliphatic carbocycles. The molecule has 0 aromatic heterocycles. The summed E-state index contributed by atoms with van der Waals surface area (Å²) in [7, 11) is 0. The fourth-order valence-electron chi connectivity index (χ4n) is 1.78. The predicted octanol–water partition coefficient (Wildman–Crippen LogP) is 5.22. The Morgan fingerprint density at radius 1 is 1.21 bits per heavy atom. The van der Waals surface area contributed by atoms with E-state index in [1.807, 2.05) is 50.2 Å². The van der Waals surface area contributed by atoms with E-state index < -0.39 is 0 Å². The molecule has 2 aromatic rings. The van der Waals surface area contributed by atoms with E-state index in [2.05, 4.69) is 15.9 Å². The topological polar surface area (TPSA) is 35.2 Å². The van der Waals surface area contributed by atoms with Crippen molar-refractivity contribution >= 4 is 27.5 Å². The van der Waals surface area contributed by atoms with Crippen molar-refractivity contribution in [1.82, 2.24) is 0 Å². The Balaban J connectivity index is 2.35. The van der Waals surface area contributed by atoms with Crippen LogP contribution in [0.5, 0.6) is 11.5 Å². The number of ether oxygens (including phenoxy) is 1. The highest BCUT2D eigenvalue weighted by Crippen LogP contribution is 2.32. The Labute approximate surface area is 126 Å². The first-order valence-corrected chi connectivity index (χ1v) is 7.13. The third kappa shape index (κ3) is 3.50. The van der Waals surface area contributed by atoms with Gasteiger partial charge in [-0.15, -0.1) is 0 Å². The lowest BCUT2D eigenvalue weighted by atomic mass is 10.1. The Morgan fingerprint density at radius 2 is 1.95 bits per heavy atom. The fraction of sp³-hybridized carbons (Fsp3) is 0.200. The third-order valence-electron chi connectivity index (χ3n) is 2.82. The van der Waals surface area contributed by atoms with Crippen LogP contribution in [-0.2, 0) is 0 Å². The second-order valence-corrected chi connectivity index (χ2v) is 5.81. The van der Waals surface area contributed by atoms with Crippen LogP contribution in [0.4, 0.5) is 0 Å². The maximum absolute atomic E-state index is 6.00. The lowest BCUT2D eigenvalue weighted by Crippen LogP contribution is -2.06. The van der Waals surface area contributed by atoms with Crippen LogP contribution in [0, 0.1) is 6.92 Å². The summed E-state index contributed by atoms with van der Waals surface area (Å²) >= 11 is 9.45. The second kappa shape index (κ2) is 5.95. The van der Waals surface area contributed by atoms with Crippen LogP contribution in [0.1, 0.15) is 24.1 Å². The number of halogens is 2. The van der Waals surface area contributed by atoms with Gasteiger partial charge < -0.3 is 10.5 Å². The van der Waals surface area contributed by atoms with Gasteiger partial charge in [-0.2, -0.15) is 0 Å². The number of nitrogens with two attached hydrogens (primary N) is 1. The van der Waals surface area contributed by atoms with E-state index >= 15 is 0 Å². The first kappa shape index (κ1) is 14.4. The maximum Gasteiger partial charge on any atom is 0.132 e. The highest BCUT2D eigenvalue weighted by molar-refractivity contribution is 9.10. The summed E-state index contributed by atoms with van der Waals surface area (Å²) in [5.41, 5.74) is 7.91. The Kier molecular flexibility index (Phi) is 4.50. The average molecular weight is 341 g/mol. The summed E-state index contributed by atoms with van der Waals surface area (Å²) in [6, 6.07) is 11.3. The summed E-state index contributed by atoms with van der Waals surface area (Å²) in [5.74, 6) is 1.52. The number of rotatable bonds is 3. The molecular formula is C15H15BrClNO. The van der Waals surface area contributed by atoms with Gasteiger partial charge in [0.25, 0.3) is 0 Å². The zero-order chi connectivity index (χ0) is 14.0. The molecule has 2 aromatic carbocycles. The first-order valence-electron chi connectivity index (χ1n) is 5.96. The molecule has 1 unspecified atom stereocenters. The van der Waals surface area contributed by atoms with E-state index in [-0.39, 0.29) is 6.04 Å². The molecular weight excluding hydrogens is 326 g/mol. The van der Waals surface area contributed by atoms with Gasteiger partial charge in [-0.1, -0.05) is 27.5 Å². The van der Waals surface area contributed by atoms with Crippen LogP contribution in [-0.4, -0.2) is 0 Å². The highest BCUT2D eigenvalue weighted by Gasteiger charge is 2.10. The molecule has 0 spiro atoms. The van der Waals surface area contributed by atoms with E-state index in [1.54, 1.807) is 0 Å². The summed E-state index contributed by atoms with van der Waals surface area (Å²) in [6.07, 6.45) is 0. The van der Waals surface area contributed by atoms with Gasteiger partial charge in [0.2, 0.25) is 0 Å². The van der Waals surface area contributed by atoms with Crippen molar-refractivity contribution in [3.63, 3.8) is 0 Å². The zero-order valence-electron chi connectivity index (χ0n) is 10.8. The molecule has 2 rings (SSSR count). The van der Waals surface area contributed by atoms with Crippen molar-refractivity contribution in [2.75, 3.05) is 0 Å². The summed E-state index contributed by atoms with van der Waals surface area (Å²) in [4.78, 5) is 0. The van der Waals surface area contributed by atoms with Gasteiger partial charge in [-0.3, -0.25) is 0 Å². The van der Waals surface area contributed by atoms with Gasteiger partial charge in [-0.05, 0) is 55.8 Å².